The molecule has 8 aromatic rings. The zero-order valence-electron chi connectivity index (χ0n) is 31.4. The molecule has 0 atom stereocenters. The minimum atomic E-state index is -0.372. The van der Waals surface area contributed by atoms with Crippen molar-refractivity contribution < 1.29 is 0 Å². The van der Waals surface area contributed by atoms with Gasteiger partial charge in [-0.25, -0.2) is 0 Å². The molecule has 4 nitrogen and oxygen atoms in total. The first-order chi connectivity index (χ1) is 27.6. The Hall–Kier alpha value is -6.98. The Balaban J connectivity index is 1.20. The lowest BCUT2D eigenvalue weighted by Crippen LogP contribution is -2.63. The Bertz CT molecular complexity index is 2710. The van der Waals surface area contributed by atoms with Crippen LogP contribution in [0.4, 0.5) is 56.9 Å². The van der Waals surface area contributed by atoms with Crippen molar-refractivity contribution in [3.05, 3.63) is 200 Å². The van der Waals surface area contributed by atoms with E-state index in [0.29, 0.717) is 0 Å². The first kappa shape index (κ1) is 32.5. The van der Waals surface area contributed by atoms with Crippen molar-refractivity contribution in [2.75, 3.05) is 19.6 Å². The van der Waals surface area contributed by atoms with Crippen molar-refractivity contribution in [2.24, 2.45) is 0 Å². The van der Waals surface area contributed by atoms with Gasteiger partial charge in [0.05, 0.1) is 17.1 Å². The van der Waals surface area contributed by atoms with Crippen molar-refractivity contribution in [1.29, 1.82) is 0 Å². The molecule has 11 rings (SSSR count). The van der Waals surface area contributed by atoms with E-state index in [4.69, 9.17) is 0 Å². The lowest BCUT2D eigenvalue weighted by atomic mass is 9.33. The molecule has 3 aliphatic rings. The third-order valence-electron chi connectivity index (χ3n) is 11.8. The van der Waals surface area contributed by atoms with Gasteiger partial charge in [0, 0.05) is 45.4 Å². The fourth-order valence-corrected chi connectivity index (χ4v) is 9.66. The van der Waals surface area contributed by atoms with Crippen molar-refractivity contribution in [1.82, 2.24) is 0 Å². The summed E-state index contributed by atoms with van der Waals surface area (Å²) in [5, 5.41) is 0. The molecule has 0 amide bonds. The van der Waals surface area contributed by atoms with Crippen LogP contribution in [-0.2, 0) is 0 Å². The summed E-state index contributed by atoms with van der Waals surface area (Å²) in [6.45, 7) is 4.75. The highest BCUT2D eigenvalue weighted by Crippen LogP contribution is 2.55. The second-order valence-corrected chi connectivity index (χ2v) is 15.3. The van der Waals surface area contributed by atoms with E-state index in [9.17, 15) is 0 Å². The molecule has 0 saturated heterocycles. The molecule has 3 aliphatic heterocycles. The van der Waals surface area contributed by atoms with E-state index < -0.39 is 0 Å². The quantitative estimate of drug-likeness (QED) is 0.159. The molecule has 0 unspecified atom stereocenters. The van der Waals surface area contributed by atoms with Crippen LogP contribution in [0.3, 0.4) is 0 Å². The third-order valence-corrected chi connectivity index (χ3v) is 11.8. The van der Waals surface area contributed by atoms with Gasteiger partial charge in [0.15, 0.2) is 0 Å². The predicted molar refractivity (Wildman–Crippen MR) is 237 cm³/mol. The first-order valence-electron chi connectivity index (χ1n) is 19.5. The molecule has 0 saturated carbocycles. The van der Waals surface area contributed by atoms with Crippen LogP contribution in [-0.4, -0.2) is 12.4 Å². The summed E-state index contributed by atoms with van der Waals surface area (Å²) in [5.74, 6) is 0. The molecule has 8 aromatic carbocycles. The number of anilines is 10. The second-order valence-electron chi connectivity index (χ2n) is 15.3. The first-order valence-corrected chi connectivity index (χ1v) is 19.5. The fourth-order valence-electron chi connectivity index (χ4n) is 9.66. The van der Waals surface area contributed by atoms with E-state index in [2.05, 4.69) is 234 Å². The molecule has 0 aromatic heterocycles. The molecule has 3 heterocycles. The van der Waals surface area contributed by atoms with Crippen LogP contribution in [0.2, 0.25) is 0 Å². The van der Waals surface area contributed by atoms with E-state index in [1.807, 2.05) is 0 Å². The number of hydrogen-bond acceptors (Lipinski definition) is 4. The zero-order valence-corrected chi connectivity index (χ0v) is 31.4. The third kappa shape index (κ3) is 4.74. The van der Waals surface area contributed by atoms with Crippen molar-refractivity contribution in [2.45, 2.75) is 19.5 Å². The van der Waals surface area contributed by atoms with Gasteiger partial charge in [0.1, 0.15) is 5.66 Å². The van der Waals surface area contributed by atoms with Gasteiger partial charge < -0.3 is 19.6 Å². The number of fused-ring (bicyclic) bond motifs is 4. The summed E-state index contributed by atoms with van der Waals surface area (Å²) in [6, 6.07) is 73.0. The Labute approximate surface area is 329 Å². The van der Waals surface area contributed by atoms with Gasteiger partial charge in [-0.1, -0.05) is 127 Å². The molecule has 0 radical (unpaired) electrons. The summed E-state index contributed by atoms with van der Waals surface area (Å²) in [4.78, 5) is 10.0. The maximum Gasteiger partial charge on any atom is 0.252 e. The van der Waals surface area contributed by atoms with E-state index in [1.54, 1.807) is 0 Å². The average Bonchev–Trinajstić information content (AvgIpc) is 3.50. The smallest absolute Gasteiger partial charge is 0.252 e. The zero-order chi connectivity index (χ0) is 37.4. The SMILES string of the molecule is CC1(C)N(c2ccccc2)c2cccc3c2N1c1cccc2c1B3c1ccc(N(c3ccccc3)c3ccccc3)cc1N2c1ccccc1-c1ccccc1. The molecule has 0 spiro atoms. The normalized spacial score (nSPS) is 14.2. The molecular formula is C51H39BN4. The highest BCUT2D eigenvalue weighted by Gasteiger charge is 2.52. The van der Waals surface area contributed by atoms with Gasteiger partial charge in [-0.2, -0.15) is 0 Å². The summed E-state index contributed by atoms with van der Waals surface area (Å²) in [6.07, 6.45) is 0. The highest BCUT2D eigenvalue weighted by molar-refractivity contribution is 7.00. The van der Waals surface area contributed by atoms with Gasteiger partial charge in [0.25, 0.3) is 6.71 Å². The van der Waals surface area contributed by atoms with Crippen LogP contribution in [0.5, 0.6) is 0 Å². The van der Waals surface area contributed by atoms with Gasteiger partial charge in [-0.15, -0.1) is 0 Å². The molecule has 0 N–H and O–H groups in total. The maximum absolute atomic E-state index is 2.60. The van der Waals surface area contributed by atoms with E-state index in [-0.39, 0.29) is 12.4 Å². The largest absolute Gasteiger partial charge is 0.317 e. The van der Waals surface area contributed by atoms with Crippen LogP contribution in [0, 0.1) is 0 Å². The van der Waals surface area contributed by atoms with Crippen LogP contribution >= 0.6 is 0 Å². The van der Waals surface area contributed by atoms with Crippen LogP contribution < -0.4 is 36.0 Å². The van der Waals surface area contributed by atoms with Crippen LogP contribution in [0.25, 0.3) is 11.1 Å². The monoisotopic (exact) mass is 718 g/mol. The number of para-hydroxylation sites is 5. The standard InChI is InChI=1S/C51H39BN4/c1-51(2)55(39-25-13-6-14-26-39)47-32-17-28-43-50(47)56(51)46-31-18-30-45-49(46)52(43)42-34-33-40(53(37-21-9-4-10-22-37)38-23-11-5-12-24-38)35-48(42)54(45)44-29-16-15-27-41(44)36-19-7-3-8-20-36/h3-35H,1-2H3. The summed E-state index contributed by atoms with van der Waals surface area (Å²) in [5.41, 5.74) is 17.8. The Kier molecular flexibility index (Phi) is 7.27. The molecule has 0 fully saturated rings. The minimum Gasteiger partial charge on any atom is -0.317 e. The molecule has 0 bridgehead atoms. The highest BCUT2D eigenvalue weighted by atomic mass is 15.5. The molecular weight excluding hydrogens is 679 g/mol. The van der Waals surface area contributed by atoms with Crippen molar-refractivity contribution in [3.8, 4) is 11.1 Å². The lowest BCUT2D eigenvalue weighted by Gasteiger charge is -2.47. The van der Waals surface area contributed by atoms with Crippen molar-refractivity contribution in [3.63, 3.8) is 0 Å². The van der Waals surface area contributed by atoms with Gasteiger partial charge in [0.2, 0.25) is 0 Å². The molecule has 56 heavy (non-hydrogen) atoms. The summed E-state index contributed by atoms with van der Waals surface area (Å²) >= 11 is 0. The summed E-state index contributed by atoms with van der Waals surface area (Å²) < 4.78 is 0. The number of benzene rings is 8. The van der Waals surface area contributed by atoms with Crippen LogP contribution in [0.15, 0.2) is 200 Å². The maximum atomic E-state index is 2.60. The van der Waals surface area contributed by atoms with Gasteiger partial charge in [-0.3, -0.25) is 0 Å². The Morgan fingerprint density at radius 3 is 1.71 bits per heavy atom. The van der Waals surface area contributed by atoms with Gasteiger partial charge >= 0.3 is 0 Å². The van der Waals surface area contributed by atoms with E-state index in [1.165, 1.54) is 61.6 Å². The number of hydrogen-bond donors (Lipinski definition) is 0. The topological polar surface area (TPSA) is 13.0 Å². The fraction of sp³-hybridized carbons (Fsp3) is 0.0588. The molecule has 266 valence electrons. The molecule has 5 heteroatoms. The van der Waals surface area contributed by atoms with E-state index >= 15 is 0 Å². The lowest BCUT2D eigenvalue weighted by molar-refractivity contribution is 0.541. The van der Waals surface area contributed by atoms with E-state index in [0.717, 1.165) is 22.7 Å². The number of nitrogens with zero attached hydrogens (tertiary/aromatic N) is 4. The second kappa shape index (κ2) is 12.5. The Morgan fingerprint density at radius 1 is 0.429 bits per heavy atom. The molecule has 0 aliphatic carbocycles. The predicted octanol–water partition coefficient (Wildman–Crippen LogP) is 11.5. The number of rotatable bonds is 6. The van der Waals surface area contributed by atoms with Crippen molar-refractivity contribution >= 4 is 80.0 Å². The summed E-state index contributed by atoms with van der Waals surface area (Å²) in [7, 11) is 0. The van der Waals surface area contributed by atoms with Gasteiger partial charge in [-0.05, 0) is 109 Å². The van der Waals surface area contributed by atoms with Crippen LogP contribution in [0.1, 0.15) is 13.8 Å². The average molecular weight is 719 g/mol. The minimum absolute atomic E-state index is 0.0324. The Morgan fingerprint density at radius 2 is 1.00 bits per heavy atom.